The van der Waals surface area contributed by atoms with Gasteiger partial charge in [-0.05, 0) is 28.1 Å². The van der Waals surface area contributed by atoms with E-state index in [2.05, 4.69) is 26.0 Å². The van der Waals surface area contributed by atoms with E-state index in [0.29, 0.717) is 5.56 Å². The molecule has 0 amide bonds. The van der Waals surface area contributed by atoms with Gasteiger partial charge in [0.2, 0.25) is 0 Å². The number of carbonyl (C=O) groups is 1. The lowest BCUT2D eigenvalue weighted by Gasteiger charge is -1.99. The van der Waals surface area contributed by atoms with Gasteiger partial charge in [0.15, 0.2) is 5.78 Å². The van der Waals surface area contributed by atoms with Crippen LogP contribution in [0.25, 0.3) is 10.9 Å². The number of benzene rings is 1. The molecule has 4 nitrogen and oxygen atoms in total. The van der Waals surface area contributed by atoms with Crippen molar-refractivity contribution in [2.24, 2.45) is 7.05 Å². The maximum absolute atomic E-state index is 12.3. The Labute approximate surface area is 124 Å². The fraction of sp³-hybridized carbons (Fsp3) is 0.133. The molecule has 3 rings (SSSR count). The summed E-state index contributed by atoms with van der Waals surface area (Å²) >= 11 is 3.33. The van der Waals surface area contributed by atoms with Crippen LogP contribution in [0.5, 0.6) is 0 Å². The minimum Gasteiger partial charge on any atom is -0.294 e. The molecule has 2 heterocycles. The fourth-order valence-electron chi connectivity index (χ4n) is 2.24. The topological polar surface area (TPSA) is 47.8 Å². The smallest absolute Gasteiger partial charge is 0.170 e. The van der Waals surface area contributed by atoms with Crippen molar-refractivity contribution in [2.45, 2.75) is 6.42 Å². The summed E-state index contributed by atoms with van der Waals surface area (Å²) in [5.74, 6) is 0.0163. The van der Waals surface area contributed by atoms with E-state index in [1.165, 1.54) is 0 Å². The van der Waals surface area contributed by atoms with Gasteiger partial charge in [0, 0.05) is 34.9 Å². The minimum atomic E-state index is 0.0163. The molecule has 2 aromatic heterocycles. The number of rotatable bonds is 3. The molecule has 0 saturated heterocycles. The quantitative estimate of drug-likeness (QED) is 0.693. The number of aromatic nitrogens is 3. The van der Waals surface area contributed by atoms with Crippen LogP contribution in [0.15, 0.2) is 47.2 Å². The second-order valence-corrected chi connectivity index (χ2v) is 5.49. The first-order valence-corrected chi connectivity index (χ1v) is 6.99. The molecule has 100 valence electrons. The largest absolute Gasteiger partial charge is 0.294 e. The Morgan fingerprint density at radius 3 is 2.90 bits per heavy atom. The molecule has 0 N–H and O–H groups in total. The first kappa shape index (κ1) is 13.0. The molecule has 0 bridgehead atoms. The van der Waals surface area contributed by atoms with Gasteiger partial charge in [-0.15, -0.1) is 0 Å². The zero-order valence-electron chi connectivity index (χ0n) is 10.9. The summed E-state index contributed by atoms with van der Waals surface area (Å²) < 4.78 is 2.60. The summed E-state index contributed by atoms with van der Waals surface area (Å²) in [6.45, 7) is 0. The van der Waals surface area contributed by atoms with Crippen molar-refractivity contribution >= 4 is 32.6 Å². The molecular weight excluding hydrogens is 318 g/mol. The first-order chi connectivity index (χ1) is 9.65. The number of carbonyl (C=O) groups excluding carboxylic acids is 1. The number of pyridine rings is 1. The number of hydrogen-bond donors (Lipinski definition) is 0. The van der Waals surface area contributed by atoms with Crippen LogP contribution in [0.3, 0.4) is 0 Å². The molecular formula is C15H12BrN3O. The van der Waals surface area contributed by atoms with Gasteiger partial charge in [0.05, 0.1) is 17.6 Å². The molecule has 0 atom stereocenters. The molecule has 0 aliphatic heterocycles. The van der Waals surface area contributed by atoms with E-state index in [-0.39, 0.29) is 12.2 Å². The third kappa shape index (κ3) is 2.36. The molecule has 1 aromatic carbocycles. The highest BCUT2D eigenvalue weighted by molar-refractivity contribution is 9.10. The Morgan fingerprint density at radius 2 is 2.10 bits per heavy atom. The fourth-order valence-corrected chi connectivity index (χ4v) is 2.60. The average molecular weight is 330 g/mol. The van der Waals surface area contributed by atoms with Crippen LogP contribution in [0, 0.1) is 0 Å². The highest BCUT2D eigenvalue weighted by Gasteiger charge is 2.14. The number of aryl methyl sites for hydroxylation is 1. The van der Waals surface area contributed by atoms with Crippen LogP contribution in [0.2, 0.25) is 0 Å². The average Bonchev–Trinajstić information content (AvgIpc) is 2.76. The second kappa shape index (κ2) is 5.17. The van der Waals surface area contributed by atoms with Crippen molar-refractivity contribution in [3.8, 4) is 0 Å². The molecule has 0 spiro atoms. The summed E-state index contributed by atoms with van der Waals surface area (Å²) in [4.78, 5) is 16.3. The SMILES string of the molecule is Cn1nc(CC(=O)c2cncc(Br)c2)c2ccccc21. The second-order valence-electron chi connectivity index (χ2n) is 4.58. The molecule has 0 aliphatic rings. The van der Waals surface area contributed by atoms with E-state index in [4.69, 9.17) is 0 Å². The predicted molar refractivity (Wildman–Crippen MR) is 80.7 cm³/mol. The highest BCUT2D eigenvalue weighted by atomic mass is 79.9. The molecule has 0 saturated carbocycles. The Hall–Kier alpha value is -2.01. The van der Waals surface area contributed by atoms with Crippen molar-refractivity contribution in [3.63, 3.8) is 0 Å². The monoisotopic (exact) mass is 329 g/mol. The summed E-state index contributed by atoms with van der Waals surface area (Å²) in [5, 5.41) is 5.46. The molecule has 5 heteroatoms. The van der Waals surface area contributed by atoms with E-state index in [0.717, 1.165) is 21.1 Å². The van der Waals surface area contributed by atoms with Gasteiger partial charge in [-0.1, -0.05) is 18.2 Å². The number of para-hydroxylation sites is 1. The van der Waals surface area contributed by atoms with Crippen molar-refractivity contribution in [1.29, 1.82) is 0 Å². The number of halogens is 1. The first-order valence-electron chi connectivity index (χ1n) is 6.19. The third-order valence-electron chi connectivity index (χ3n) is 3.19. The van der Waals surface area contributed by atoms with Crippen LogP contribution in [0.1, 0.15) is 16.1 Å². The van der Waals surface area contributed by atoms with E-state index in [1.807, 2.05) is 31.3 Å². The van der Waals surface area contributed by atoms with Gasteiger partial charge in [0.25, 0.3) is 0 Å². The zero-order chi connectivity index (χ0) is 14.1. The van der Waals surface area contributed by atoms with Crippen LogP contribution in [-0.2, 0) is 13.5 Å². The summed E-state index contributed by atoms with van der Waals surface area (Å²) in [6.07, 6.45) is 3.52. The summed E-state index contributed by atoms with van der Waals surface area (Å²) in [5.41, 5.74) is 2.42. The Morgan fingerprint density at radius 1 is 1.30 bits per heavy atom. The van der Waals surface area contributed by atoms with Crippen LogP contribution < -0.4 is 0 Å². The van der Waals surface area contributed by atoms with Crippen molar-refractivity contribution in [2.75, 3.05) is 0 Å². The van der Waals surface area contributed by atoms with Crippen LogP contribution >= 0.6 is 15.9 Å². The van der Waals surface area contributed by atoms with Gasteiger partial charge < -0.3 is 0 Å². The lowest BCUT2D eigenvalue weighted by Crippen LogP contribution is -2.05. The molecule has 0 unspecified atom stereocenters. The van der Waals surface area contributed by atoms with Crippen molar-refractivity contribution < 1.29 is 4.79 Å². The number of Topliss-reactive ketones (excluding diaryl/α,β-unsaturated/α-hetero) is 1. The van der Waals surface area contributed by atoms with E-state index in [1.54, 1.807) is 23.1 Å². The molecule has 0 aliphatic carbocycles. The predicted octanol–water partition coefficient (Wildman–Crippen LogP) is 3.16. The summed E-state index contributed by atoms with van der Waals surface area (Å²) in [6, 6.07) is 9.69. The van der Waals surface area contributed by atoms with E-state index < -0.39 is 0 Å². The Kier molecular flexibility index (Phi) is 3.36. The molecule has 0 fully saturated rings. The van der Waals surface area contributed by atoms with Gasteiger partial charge in [-0.2, -0.15) is 5.10 Å². The number of ketones is 1. The summed E-state index contributed by atoms with van der Waals surface area (Å²) in [7, 11) is 1.89. The van der Waals surface area contributed by atoms with Crippen LogP contribution in [-0.4, -0.2) is 20.5 Å². The normalized spacial score (nSPS) is 10.9. The van der Waals surface area contributed by atoms with Gasteiger partial charge in [-0.25, -0.2) is 0 Å². The number of fused-ring (bicyclic) bond motifs is 1. The Bertz CT molecular complexity index is 795. The van der Waals surface area contributed by atoms with Crippen molar-refractivity contribution in [3.05, 3.63) is 58.5 Å². The standard InChI is InChI=1S/C15H12BrN3O/c1-19-14-5-3-2-4-12(14)13(18-19)7-15(20)10-6-11(16)9-17-8-10/h2-6,8-9H,7H2,1H3. The van der Waals surface area contributed by atoms with Gasteiger partial charge >= 0.3 is 0 Å². The van der Waals surface area contributed by atoms with Crippen molar-refractivity contribution in [1.82, 2.24) is 14.8 Å². The lowest BCUT2D eigenvalue weighted by molar-refractivity contribution is 0.0991. The molecule has 20 heavy (non-hydrogen) atoms. The molecule has 0 radical (unpaired) electrons. The zero-order valence-corrected chi connectivity index (χ0v) is 12.5. The number of nitrogens with zero attached hydrogens (tertiary/aromatic N) is 3. The van der Waals surface area contributed by atoms with Crippen LogP contribution in [0.4, 0.5) is 0 Å². The third-order valence-corrected chi connectivity index (χ3v) is 3.62. The van der Waals surface area contributed by atoms with E-state index in [9.17, 15) is 4.79 Å². The lowest BCUT2D eigenvalue weighted by atomic mass is 10.1. The maximum atomic E-state index is 12.3. The van der Waals surface area contributed by atoms with E-state index >= 15 is 0 Å². The Balaban J connectivity index is 1.95. The number of hydrogen-bond acceptors (Lipinski definition) is 3. The minimum absolute atomic E-state index is 0.0163. The maximum Gasteiger partial charge on any atom is 0.170 e. The van der Waals surface area contributed by atoms with Gasteiger partial charge in [0.1, 0.15) is 0 Å². The highest BCUT2D eigenvalue weighted by Crippen LogP contribution is 2.19. The molecule has 3 aromatic rings. The van der Waals surface area contributed by atoms with Gasteiger partial charge in [-0.3, -0.25) is 14.5 Å².